The first-order valence-electron chi connectivity index (χ1n) is 11.2. The standard InChI is InChI=1S/C27H25N3O2S/c31-25-8-4-7-22-23(25)9-10-26(24(22)18-33-21-11-13-28-14-12-21)32-27(17-30-16-15-29-19-30)20-5-2-1-3-6-20/h1-3,5-6,9-16,19,27H,4,7-8,17-18H2. The summed E-state index contributed by atoms with van der Waals surface area (Å²) in [5, 5.41) is 0. The van der Waals surface area contributed by atoms with E-state index in [1.165, 1.54) is 0 Å². The molecule has 1 aliphatic rings. The fourth-order valence-corrected chi connectivity index (χ4v) is 5.20. The Hall–Kier alpha value is -3.38. The molecule has 1 atom stereocenters. The van der Waals surface area contributed by atoms with Crippen molar-refractivity contribution < 1.29 is 9.53 Å². The van der Waals surface area contributed by atoms with Gasteiger partial charge in [-0.2, -0.15) is 0 Å². The van der Waals surface area contributed by atoms with E-state index in [1.54, 1.807) is 30.4 Å². The van der Waals surface area contributed by atoms with Crippen molar-refractivity contribution in [2.75, 3.05) is 0 Å². The summed E-state index contributed by atoms with van der Waals surface area (Å²) in [6, 6.07) is 18.2. The quantitative estimate of drug-likeness (QED) is 0.309. The van der Waals surface area contributed by atoms with E-state index in [-0.39, 0.29) is 11.9 Å². The summed E-state index contributed by atoms with van der Waals surface area (Å²) in [7, 11) is 0. The van der Waals surface area contributed by atoms with Gasteiger partial charge in [0.2, 0.25) is 0 Å². The second kappa shape index (κ2) is 10.0. The topological polar surface area (TPSA) is 57.0 Å². The lowest BCUT2D eigenvalue weighted by Crippen LogP contribution is -2.18. The van der Waals surface area contributed by atoms with Crippen LogP contribution in [0.2, 0.25) is 0 Å². The molecule has 0 bridgehead atoms. The molecule has 0 amide bonds. The molecule has 33 heavy (non-hydrogen) atoms. The maximum absolute atomic E-state index is 12.6. The Labute approximate surface area is 197 Å². The molecule has 0 N–H and O–H groups in total. The van der Waals surface area contributed by atoms with E-state index in [4.69, 9.17) is 4.74 Å². The first-order chi connectivity index (χ1) is 16.3. The third-order valence-electron chi connectivity index (χ3n) is 5.93. The highest BCUT2D eigenvalue weighted by Gasteiger charge is 2.24. The molecule has 0 radical (unpaired) electrons. The number of carbonyl (C=O) groups is 1. The van der Waals surface area contributed by atoms with E-state index >= 15 is 0 Å². The first-order valence-corrected chi connectivity index (χ1v) is 12.1. The summed E-state index contributed by atoms with van der Waals surface area (Å²) >= 11 is 1.74. The smallest absolute Gasteiger partial charge is 0.163 e. The van der Waals surface area contributed by atoms with Gasteiger partial charge in [0, 0.05) is 53.0 Å². The lowest BCUT2D eigenvalue weighted by molar-refractivity contribution is 0.0972. The molecular weight excluding hydrogens is 430 g/mol. The summed E-state index contributed by atoms with van der Waals surface area (Å²) in [5.74, 6) is 1.82. The van der Waals surface area contributed by atoms with Crippen LogP contribution in [0.1, 0.15) is 46.0 Å². The van der Waals surface area contributed by atoms with Crippen LogP contribution >= 0.6 is 11.8 Å². The lowest BCUT2D eigenvalue weighted by atomic mass is 9.87. The van der Waals surface area contributed by atoms with Gasteiger partial charge in [-0.3, -0.25) is 9.78 Å². The second-order valence-corrected chi connectivity index (χ2v) is 9.14. The van der Waals surface area contributed by atoms with Gasteiger partial charge in [-0.1, -0.05) is 30.3 Å². The molecule has 0 aliphatic heterocycles. The van der Waals surface area contributed by atoms with E-state index < -0.39 is 0 Å². The van der Waals surface area contributed by atoms with E-state index in [0.717, 1.165) is 51.5 Å². The number of hydrogen-bond acceptors (Lipinski definition) is 5. The molecule has 4 aromatic rings. The van der Waals surface area contributed by atoms with Crippen molar-refractivity contribution in [1.82, 2.24) is 14.5 Å². The Kier molecular flexibility index (Phi) is 6.53. The number of ketones is 1. The van der Waals surface area contributed by atoms with Gasteiger partial charge in [-0.25, -0.2) is 4.98 Å². The van der Waals surface area contributed by atoms with Gasteiger partial charge < -0.3 is 9.30 Å². The van der Waals surface area contributed by atoms with E-state index in [0.29, 0.717) is 13.0 Å². The average molecular weight is 456 g/mol. The Balaban J connectivity index is 1.50. The molecule has 5 rings (SSSR count). The van der Waals surface area contributed by atoms with Crippen molar-refractivity contribution >= 4 is 17.5 Å². The summed E-state index contributed by atoms with van der Waals surface area (Å²) in [6.07, 6.45) is 11.4. The van der Waals surface area contributed by atoms with E-state index in [9.17, 15) is 4.79 Å². The number of pyridine rings is 1. The SMILES string of the molecule is O=C1CCCc2c1ccc(OC(Cn1ccnc1)c1ccccc1)c2CSc1ccncc1. The highest BCUT2D eigenvalue weighted by molar-refractivity contribution is 7.98. The number of benzene rings is 2. The van der Waals surface area contributed by atoms with Crippen molar-refractivity contribution in [3.05, 3.63) is 108 Å². The van der Waals surface area contributed by atoms with Crippen molar-refractivity contribution in [3.8, 4) is 5.75 Å². The first kappa shape index (κ1) is 21.5. The molecule has 2 aromatic carbocycles. The fourth-order valence-electron chi connectivity index (χ4n) is 4.26. The Morgan fingerprint density at radius 2 is 1.82 bits per heavy atom. The van der Waals surface area contributed by atoms with Gasteiger partial charge in [0.1, 0.15) is 11.9 Å². The molecule has 0 spiro atoms. The maximum atomic E-state index is 12.6. The zero-order chi connectivity index (χ0) is 22.5. The molecule has 166 valence electrons. The van der Waals surface area contributed by atoms with Gasteiger partial charge in [-0.05, 0) is 48.2 Å². The van der Waals surface area contributed by atoms with Gasteiger partial charge in [-0.15, -0.1) is 11.8 Å². The minimum atomic E-state index is -0.178. The molecule has 0 fully saturated rings. The van der Waals surface area contributed by atoms with Crippen molar-refractivity contribution in [2.24, 2.45) is 0 Å². The molecular formula is C27H25N3O2S. The van der Waals surface area contributed by atoms with Crippen LogP contribution in [-0.2, 0) is 18.7 Å². The number of fused-ring (bicyclic) bond motifs is 1. The van der Waals surface area contributed by atoms with Crippen LogP contribution in [0, 0.1) is 0 Å². The summed E-state index contributed by atoms with van der Waals surface area (Å²) < 4.78 is 8.74. The maximum Gasteiger partial charge on any atom is 0.163 e. The number of Topliss-reactive ketones (excluding diaryl/α,β-unsaturated/α-hetero) is 1. The average Bonchev–Trinajstić information content (AvgIpc) is 3.37. The number of imidazole rings is 1. The summed E-state index contributed by atoms with van der Waals surface area (Å²) in [4.78, 5) is 22.1. The monoisotopic (exact) mass is 455 g/mol. The summed E-state index contributed by atoms with van der Waals surface area (Å²) in [5.41, 5.74) is 4.21. The molecule has 1 aliphatic carbocycles. The number of hydrogen-bond donors (Lipinski definition) is 0. The molecule has 0 saturated heterocycles. The highest BCUT2D eigenvalue weighted by atomic mass is 32.2. The highest BCUT2D eigenvalue weighted by Crippen LogP contribution is 2.37. The zero-order valence-corrected chi connectivity index (χ0v) is 19.1. The van der Waals surface area contributed by atoms with Gasteiger partial charge in [0.15, 0.2) is 5.78 Å². The zero-order valence-electron chi connectivity index (χ0n) is 18.3. The number of aromatic nitrogens is 3. The number of ether oxygens (including phenoxy) is 1. The molecule has 2 aromatic heterocycles. The normalized spacial score (nSPS) is 14.0. The van der Waals surface area contributed by atoms with E-state index in [2.05, 4.69) is 22.1 Å². The largest absolute Gasteiger partial charge is 0.484 e. The molecule has 5 nitrogen and oxygen atoms in total. The molecule has 2 heterocycles. The Morgan fingerprint density at radius 1 is 0.970 bits per heavy atom. The van der Waals surface area contributed by atoms with E-state index in [1.807, 2.05) is 59.6 Å². The lowest BCUT2D eigenvalue weighted by Gasteiger charge is -2.25. The summed E-state index contributed by atoms with van der Waals surface area (Å²) in [6.45, 7) is 0.650. The van der Waals surface area contributed by atoms with Gasteiger partial charge in [0.25, 0.3) is 0 Å². The number of nitrogens with zero attached hydrogens (tertiary/aromatic N) is 3. The third kappa shape index (κ3) is 5.01. The minimum Gasteiger partial charge on any atom is -0.484 e. The van der Waals surface area contributed by atoms with Crippen molar-refractivity contribution in [1.29, 1.82) is 0 Å². The Bertz CT molecular complexity index is 1210. The van der Waals surface area contributed by atoms with Gasteiger partial charge in [0.05, 0.1) is 12.9 Å². The molecule has 0 saturated carbocycles. The minimum absolute atomic E-state index is 0.178. The van der Waals surface area contributed by atoms with Crippen LogP contribution in [0.25, 0.3) is 0 Å². The van der Waals surface area contributed by atoms with Crippen LogP contribution < -0.4 is 4.74 Å². The fraction of sp³-hybridized carbons (Fsp3) is 0.222. The second-order valence-electron chi connectivity index (χ2n) is 8.09. The molecule has 1 unspecified atom stereocenters. The van der Waals surface area contributed by atoms with Gasteiger partial charge >= 0.3 is 0 Å². The Morgan fingerprint density at radius 3 is 2.61 bits per heavy atom. The van der Waals surface area contributed by atoms with Crippen molar-refractivity contribution in [3.63, 3.8) is 0 Å². The number of thioether (sulfide) groups is 1. The van der Waals surface area contributed by atoms with Crippen LogP contribution in [0.3, 0.4) is 0 Å². The van der Waals surface area contributed by atoms with Crippen LogP contribution in [0.4, 0.5) is 0 Å². The predicted octanol–water partition coefficient (Wildman–Crippen LogP) is 5.91. The predicted molar refractivity (Wildman–Crippen MR) is 130 cm³/mol. The third-order valence-corrected chi connectivity index (χ3v) is 6.97. The van der Waals surface area contributed by atoms with Crippen LogP contribution in [-0.4, -0.2) is 20.3 Å². The number of rotatable bonds is 8. The number of carbonyl (C=O) groups excluding carboxylic acids is 1. The molecule has 6 heteroatoms. The van der Waals surface area contributed by atoms with Crippen LogP contribution in [0.5, 0.6) is 5.75 Å². The van der Waals surface area contributed by atoms with Crippen LogP contribution in [0.15, 0.2) is 90.6 Å². The van der Waals surface area contributed by atoms with Crippen molar-refractivity contribution in [2.45, 2.75) is 42.6 Å².